The van der Waals surface area contributed by atoms with Crippen molar-refractivity contribution in [3.63, 3.8) is 0 Å². The third kappa shape index (κ3) is 15.6. The Morgan fingerprint density at radius 2 is 1.19 bits per heavy atom. The number of nitrogens with zero attached hydrogens (tertiary/aromatic N) is 2. The van der Waals surface area contributed by atoms with Crippen molar-refractivity contribution in [2.24, 2.45) is 4.99 Å². The van der Waals surface area contributed by atoms with E-state index in [-0.39, 0.29) is 0 Å². The van der Waals surface area contributed by atoms with Crippen LogP contribution in [0.1, 0.15) is 142 Å². The van der Waals surface area contributed by atoms with Gasteiger partial charge >= 0.3 is 0 Å². The van der Waals surface area contributed by atoms with Gasteiger partial charge < -0.3 is 4.90 Å². The van der Waals surface area contributed by atoms with Crippen molar-refractivity contribution in [1.29, 1.82) is 0 Å². The summed E-state index contributed by atoms with van der Waals surface area (Å²) in [5, 5.41) is 0. The van der Waals surface area contributed by atoms with E-state index in [9.17, 15) is 0 Å². The molecule has 0 unspecified atom stereocenters. The zero-order valence-corrected chi connectivity index (χ0v) is 21.4. The van der Waals surface area contributed by atoms with Gasteiger partial charge in [0.15, 0.2) is 0 Å². The van der Waals surface area contributed by atoms with Gasteiger partial charge in [0, 0.05) is 20.1 Å². The number of unbranched alkanes of at least 4 members (excludes halogenated alkanes) is 15. The third-order valence-electron chi connectivity index (χ3n) is 6.93. The van der Waals surface area contributed by atoms with Crippen molar-refractivity contribution in [1.82, 2.24) is 10.4 Å². The first kappa shape index (κ1) is 28.3. The molecule has 1 fully saturated rings. The van der Waals surface area contributed by atoms with E-state index >= 15 is 0 Å². The fourth-order valence-electron chi connectivity index (χ4n) is 4.75. The Morgan fingerprint density at radius 1 is 0.742 bits per heavy atom. The molecule has 1 saturated carbocycles. The zero-order valence-electron chi connectivity index (χ0n) is 21.4. The molecule has 4 heteroatoms. The quantitative estimate of drug-likeness (QED) is 0.0961. The van der Waals surface area contributed by atoms with Crippen LogP contribution in [0.3, 0.4) is 0 Å². The highest BCUT2D eigenvalue weighted by Crippen LogP contribution is 2.21. The largest absolute Gasteiger partial charge is 0.341 e. The predicted octanol–water partition coefficient (Wildman–Crippen LogP) is 8.02. The van der Waals surface area contributed by atoms with Crippen LogP contribution in [0.5, 0.6) is 0 Å². The zero-order chi connectivity index (χ0) is 22.4. The van der Waals surface area contributed by atoms with Crippen molar-refractivity contribution >= 4 is 5.96 Å². The Morgan fingerprint density at radius 3 is 1.65 bits per heavy atom. The van der Waals surface area contributed by atoms with Crippen LogP contribution < -0.4 is 5.48 Å². The molecule has 0 heterocycles. The summed E-state index contributed by atoms with van der Waals surface area (Å²) in [6.45, 7) is 3.07. The molecular formula is C27H55N3O. The average molecular weight is 438 g/mol. The van der Waals surface area contributed by atoms with Gasteiger partial charge in [-0.05, 0) is 19.3 Å². The first-order valence-electron chi connectivity index (χ1n) is 13.9. The second-order valence-electron chi connectivity index (χ2n) is 9.70. The lowest BCUT2D eigenvalue weighted by molar-refractivity contribution is 0.0694. The number of guanidine groups is 1. The van der Waals surface area contributed by atoms with Crippen LogP contribution in [0.15, 0.2) is 4.99 Å². The molecular weight excluding hydrogens is 382 g/mol. The van der Waals surface area contributed by atoms with Crippen LogP contribution in [0.25, 0.3) is 0 Å². The molecule has 184 valence electrons. The standard InChI is InChI=1S/C27H55N3O/c1-4-5-6-7-8-9-10-11-12-13-14-15-16-17-18-22-25-31-29-27(28-2)30(3)26-23-20-19-21-24-26/h26H,4-25H2,1-3H3,(H,28,29). The van der Waals surface area contributed by atoms with Gasteiger partial charge in [0.25, 0.3) is 0 Å². The van der Waals surface area contributed by atoms with Crippen molar-refractivity contribution in [3.05, 3.63) is 0 Å². The van der Waals surface area contributed by atoms with E-state index in [4.69, 9.17) is 4.84 Å². The lowest BCUT2D eigenvalue weighted by Crippen LogP contribution is -2.45. The van der Waals surface area contributed by atoms with Gasteiger partial charge in [-0.1, -0.05) is 122 Å². The smallest absolute Gasteiger partial charge is 0.218 e. The Labute approximate surface area is 194 Å². The van der Waals surface area contributed by atoms with E-state index in [0.717, 1.165) is 19.0 Å². The van der Waals surface area contributed by atoms with E-state index < -0.39 is 0 Å². The van der Waals surface area contributed by atoms with Gasteiger partial charge in [-0.2, -0.15) is 0 Å². The first-order valence-corrected chi connectivity index (χ1v) is 13.9. The molecule has 1 rings (SSSR count). The van der Waals surface area contributed by atoms with E-state index in [2.05, 4.69) is 29.3 Å². The molecule has 0 amide bonds. The van der Waals surface area contributed by atoms with Gasteiger partial charge in [0.05, 0.1) is 6.61 Å². The third-order valence-corrected chi connectivity index (χ3v) is 6.93. The van der Waals surface area contributed by atoms with Crippen LogP contribution in [-0.4, -0.2) is 37.6 Å². The number of hydrogen-bond acceptors (Lipinski definition) is 2. The summed E-state index contributed by atoms with van der Waals surface area (Å²) in [5.74, 6) is 0.878. The van der Waals surface area contributed by atoms with Gasteiger partial charge in [-0.25, -0.2) is 5.48 Å². The first-order chi connectivity index (χ1) is 15.3. The van der Waals surface area contributed by atoms with Crippen molar-refractivity contribution in [2.45, 2.75) is 148 Å². The lowest BCUT2D eigenvalue weighted by atomic mass is 9.95. The van der Waals surface area contributed by atoms with E-state index in [1.54, 1.807) is 0 Å². The molecule has 1 aliphatic rings. The highest BCUT2D eigenvalue weighted by atomic mass is 16.6. The molecule has 4 nitrogen and oxygen atoms in total. The molecule has 1 aliphatic carbocycles. The summed E-state index contributed by atoms with van der Waals surface area (Å²) >= 11 is 0. The average Bonchev–Trinajstić information content (AvgIpc) is 2.81. The topological polar surface area (TPSA) is 36.9 Å². The number of aliphatic imine (C=N–C) groups is 1. The fourth-order valence-corrected chi connectivity index (χ4v) is 4.75. The monoisotopic (exact) mass is 437 g/mol. The van der Waals surface area contributed by atoms with Gasteiger partial charge in [0.1, 0.15) is 0 Å². The molecule has 1 N–H and O–H groups in total. The summed E-state index contributed by atoms with van der Waals surface area (Å²) in [6.07, 6.45) is 29.0. The second kappa shape index (κ2) is 21.1. The van der Waals surface area contributed by atoms with Gasteiger partial charge in [0.2, 0.25) is 5.96 Å². The van der Waals surface area contributed by atoms with E-state index in [1.807, 2.05) is 7.05 Å². The maximum absolute atomic E-state index is 5.70. The van der Waals surface area contributed by atoms with Gasteiger partial charge in [-0.3, -0.25) is 9.83 Å². The highest BCUT2D eigenvalue weighted by molar-refractivity contribution is 5.78. The van der Waals surface area contributed by atoms with Crippen LogP contribution in [0.4, 0.5) is 0 Å². The van der Waals surface area contributed by atoms with Crippen molar-refractivity contribution in [2.75, 3.05) is 20.7 Å². The molecule has 0 atom stereocenters. The molecule has 0 aliphatic heterocycles. The molecule has 0 radical (unpaired) electrons. The maximum Gasteiger partial charge on any atom is 0.218 e. The van der Waals surface area contributed by atoms with Crippen molar-refractivity contribution < 1.29 is 4.84 Å². The summed E-state index contributed by atoms with van der Waals surface area (Å²) in [4.78, 5) is 12.3. The second-order valence-corrected chi connectivity index (χ2v) is 9.70. The molecule has 31 heavy (non-hydrogen) atoms. The van der Waals surface area contributed by atoms with Crippen LogP contribution in [0, 0.1) is 0 Å². The van der Waals surface area contributed by atoms with E-state index in [1.165, 1.54) is 128 Å². The highest BCUT2D eigenvalue weighted by Gasteiger charge is 2.20. The Kier molecular flexibility index (Phi) is 19.2. The summed E-state index contributed by atoms with van der Waals surface area (Å²) < 4.78 is 0. The molecule has 0 bridgehead atoms. The maximum atomic E-state index is 5.70. The van der Waals surface area contributed by atoms with Crippen molar-refractivity contribution in [3.8, 4) is 0 Å². The number of rotatable bonds is 19. The summed E-state index contributed by atoms with van der Waals surface area (Å²) in [6, 6.07) is 0.610. The minimum Gasteiger partial charge on any atom is -0.341 e. The normalized spacial score (nSPS) is 15.4. The van der Waals surface area contributed by atoms with E-state index in [0.29, 0.717) is 6.04 Å². The fraction of sp³-hybridized carbons (Fsp3) is 0.963. The molecule has 0 aromatic rings. The Bertz CT molecular complexity index is 407. The number of hydrogen-bond donors (Lipinski definition) is 1. The lowest BCUT2D eigenvalue weighted by Gasteiger charge is -2.33. The number of nitrogens with one attached hydrogen (secondary N) is 1. The predicted molar refractivity (Wildman–Crippen MR) is 137 cm³/mol. The van der Waals surface area contributed by atoms with Crippen LogP contribution in [0.2, 0.25) is 0 Å². The Balaban J connectivity index is 1.82. The Hall–Kier alpha value is -0.770. The summed E-state index contributed by atoms with van der Waals surface area (Å²) in [7, 11) is 3.99. The molecule has 0 aromatic heterocycles. The number of hydroxylamine groups is 1. The molecule has 0 aromatic carbocycles. The van der Waals surface area contributed by atoms with Crippen LogP contribution >= 0.6 is 0 Å². The molecule has 0 spiro atoms. The summed E-state index contributed by atoms with van der Waals surface area (Å²) in [5.41, 5.74) is 3.09. The molecule has 0 saturated heterocycles. The van der Waals surface area contributed by atoms with Crippen LogP contribution in [-0.2, 0) is 4.84 Å². The minimum atomic E-state index is 0.610. The SMILES string of the molecule is CCCCCCCCCCCCCCCCCCONC(=NC)N(C)C1CCCCC1. The minimum absolute atomic E-state index is 0.610. The van der Waals surface area contributed by atoms with Gasteiger partial charge in [-0.15, -0.1) is 0 Å².